The van der Waals surface area contributed by atoms with E-state index in [0.717, 1.165) is 11.3 Å². The van der Waals surface area contributed by atoms with Crippen molar-refractivity contribution in [1.82, 2.24) is 10.2 Å². The molecule has 2 aromatic rings. The SMILES string of the molecule is CNC(=O)c1cccc(NC(=O)CN(C)Cc2ccc(OC)cc2)c1. The van der Waals surface area contributed by atoms with Crippen molar-refractivity contribution >= 4 is 17.5 Å². The van der Waals surface area contributed by atoms with Gasteiger partial charge >= 0.3 is 0 Å². The summed E-state index contributed by atoms with van der Waals surface area (Å²) in [4.78, 5) is 25.7. The Labute approximate surface area is 147 Å². The molecule has 0 fully saturated rings. The average molecular weight is 341 g/mol. The van der Waals surface area contributed by atoms with Gasteiger partial charge in [-0.25, -0.2) is 0 Å². The average Bonchev–Trinajstić information content (AvgIpc) is 2.61. The number of carbonyl (C=O) groups excluding carboxylic acids is 2. The van der Waals surface area contributed by atoms with Crippen molar-refractivity contribution in [2.24, 2.45) is 0 Å². The molecule has 6 nitrogen and oxygen atoms in total. The summed E-state index contributed by atoms with van der Waals surface area (Å²) in [7, 11) is 5.08. The summed E-state index contributed by atoms with van der Waals surface area (Å²) in [5.74, 6) is 0.484. The third kappa shape index (κ3) is 5.61. The lowest BCUT2D eigenvalue weighted by molar-refractivity contribution is -0.117. The predicted molar refractivity (Wildman–Crippen MR) is 97.8 cm³/mol. The monoisotopic (exact) mass is 341 g/mol. The van der Waals surface area contributed by atoms with E-state index in [-0.39, 0.29) is 18.4 Å². The quantitative estimate of drug-likeness (QED) is 0.809. The van der Waals surface area contributed by atoms with E-state index in [0.29, 0.717) is 17.8 Å². The molecule has 0 heterocycles. The molecular formula is C19H23N3O3. The molecule has 132 valence electrons. The van der Waals surface area contributed by atoms with Crippen LogP contribution in [-0.2, 0) is 11.3 Å². The van der Waals surface area contributed by atoms with Crippen LogP contribution in [0.3, 0.4) is 0 Å². The molecule has 0 saturated heterocycles. The van der Waals surface area contributed by atoms with Crippen LogP contribution in [0.2, 0.25) is 0 Å². The topological polar surface area (TPSA) is 70.7 Å². The van der Waals surface area contributed by atoms with Gasteiger partial charge in [0.05, 0.1) is 13.7 Å². The largest absolute Gasteiger partial charge is 0.497 e. The minimum Gasteiger partial charge on any atom is -0.497 e. The number of carbonyl (C=O) groups is 2. The number of rotatable bonds is 7. The molecule has 2 rings (SSSR count). The Morgan fingerprint density at radius 2 is 1.84 bits per heavy atom. The number of anilines is 1. The maximum absolute atomic E-state index is 12.2. The number of hydrogen-bond donors (Lipinski definition) is 2. The fourth-order valence-electron chi connectivity index (χ4n) is 2.43. The van der Waals surface area contributed by atoms with Crippen LogP contribution in [0.15, 0.2) is 48.5 Å². The van der Waals surface area contributed by atoms with E-state index >= 15 is 0 Å². The molecule has 2 amide bonds. The highest BCUT2D eigenvalue weighted by atomic mass is 16.5. The molecular weight excluding hydrogens is 318 g/mol. The number of likely N-dealkylation sites (N-methyl/N-ethyl adjacent to an activating group) is 1. The Hall–Kier alpha value is -2.86. The Balaban J connectivity index is 1.89. The number of nitrogens with zero attached hydrogens (tertiary/aromatic N) is 1. The van der Waals surface area contributed by atoms with Gasteiger partial charge in [0.1, 0.15) is 5.75 Å². The summed E-state index contributed by atoms with van der Waals surface area (Å²) in [5, 5.41) is 5.38. The number of benzene rings is 2. The number of amides is 2. The second kappa shape index (κ2) is 8.84. The summed E-state index contributed by atoms with van der Waals surface area (Å²) >= 11 is 0. The first-order chi connectivity index (χ1) is 12.0. The van der Waals surface area contributed by atoms with Gasteiger partial charge in [-0.05, 0) is 42.9 Å². The second-order valence-corrected chi connectivity index (χ2v) is 5.73. The first-order valence-electron chi connectivity index (χ1n) is 7.95. The molecule has 0 bridgehead atoms. The maximum Gasteiger partial charge on any atom is 0.251 e. The minimum atomic E-state index is -0.187. The lowest BCUT2D eigenvalue weighted by atomic mass is 10.2. The standard InChI is InChI=1S/C19H23N3O3/c1-20-19(24)15-5-4-6-16(11-15)21-18(23)13-22(2)12-14-7-9-17(25-3)10-8-14/h4-11H,12-13H2,1-3H3,(H,20,24)(H,21,23). The molecule has 2 aromatic carbocycles. The Morgan fingerprint density at radius 1 is 1.12 bits per heavy atom. The zero-order valence-corrected chi connectivity index (χ0v) is 14.7. The van der Waals surface area contributed by atoms with Crippen molar-refractivity contribution in [1.29, 1.82) is 0 Å². The summed E-state index contributed by atoms with van der Waals surface area (Å²) in [6.07, 6.45) is 0. The van der Waals surface area contributed by atoms with Gasteiger partial charge in [0.2, 0.25) is 5.91 Å². The van der Waals surface area contributed by atoms with Crippen LogP contribution in [0.5, 0.6) is 5.75 Å². The van der Waals surface area contributed by atoms with Crippen LogP contribution >= 0.6 is 0 Å². The van der Waals surface area contributed by atoms with Gasteiger partial charge in [0.15, 0.2) is 0 Å². The predicted octanol–water partition coefficient (Wildman–Crippen LogP) is 2.13. The Kier molecular flexibility index (Phi) is 6.54. The molecule has 2 N–H and O–H groups in total. The highest BCUT2D eigenvalue weighted by Gasteiger charge is 2.09. The van der Waals surface area contributed by atoms with Gasteiger partial charge in [-0.2, -0.15) is 0 Å². The maximum atomic E-state index is 12.2. The second-order valence-electron chi connectivity index (χ2n) is 5.73. The van der Waals surface area contributed by atoms with Gasteiger partial charge in [-0.3, -0.25) is 14.5 Å². The fourth-order valence-corrected chi connectivity index (χ4v) is 2.43. The van der Waals surface area contributed by atoms with E-state index in [1.54, 1.807) is 38.4 Å². The lowest BCUT2D eigenvalue weighted by Crippen LogP contribution is -2.30. The third-order valence-corrected chi connectivity index (χ3v) is 3.66. The first-order valence-corrected chi connectivity index (χ1v) is 7.95. The molecule has 0 spiro atoms. The summed E-state index contributed by atoms with van der Waals surface area (Å²) in [6.45, 7) is 0.895. The molecule has 6 heteroatoms. The van der Waals surface area contributed by atoms with E-state index in [1.807, 2.05) is 36.2 Å². The van der Waals surface area contributed by atoms with Crippen LogP contribution in [-0.4, -0.2) is 44.5 Å². The van der Waals surface area contributed by atoms with Gasteiger partial charge in [0, 0.05) is 24.8 Å². The molecule has 0 aliphatic heterocycles. The van der Waals surface area contributed by atoms with Crippen molar-refractivity contribution in [2.45, 2.75) is 6.54 Å². The summed E-state index contributed by atoms with van der Waals surface area (Å²) < 4.78 is 5.13. The van der Waals surface area contributed by atoms with Crippen LogP contribution in [0.1, 0.15) is 15.9 Å². The van der Waals surface area contributed by atoms with E-state index in [4.69, 9.17) is 4.74 Å². The molecule has 0 radical (unpaired) electrons. The normalized spacial score (nSPS) is 10.4. The molecule has 0 aliphatic rings. The Morgan fingerprint density at radius 3 is 2.48 bits per heavy atom. The smallest absolute Gasteiger partial charge is 0.251 e. The van der Waals surface area contributed by atoms with Gasteiger partial charge < -0.3 is 15.4 Å². The van der Waals surface area contributed by atoms with Crippen molar-refractivity contribution in [3.63, 3.8) is 0 Å². The van der Waals surface area contributed by atoms with E-state index in [2.05, 4.69) is 10.6 Å². The van der Waals surface area contributed by atoms with Crippen LogP contribution in [0.25, 0.3) is 0 Å². The van der Waals surface area contributed by atoms with Crippen molar-refractivity contribution in [3.8, 4) is 5.75 Å². The zero-order chi connectivity index (χ0) is 18.2. The summed E-state index contributed by atoms with van der Waals surface area (Å²) in [6, 6.07) is 14.6. The highest BCUT2D eigenvalue weighted by molar-refractivity contribution is 5.97. The van der Waals surface area contributed by atoms with Gasteiger partial charge in [-0.1, -0.05) is 18.2 Å². The van der Waals surface area contributed by atoms with E-state index in [1.165, 1.54) is 0 Å². The van der Waals surface area contributed by atoms with Gasteiger partial charge in [0.25, 0.3) is 5.91 Å². The number of hydrogen-bond acceptors (Lipinski definition) is 4. The third-order valence-electron chi connectivity index (χ3n) is 3.66. The summed E-state index contributed by atoms with van der Waals surface area (Å²) in [5.41, 5.74) is 2.20. The number of ether oxygens (including phenoxy) is 1. The molecule has 0 aromatic heterocycles. The van der Waals surface area contributed by atoms with Crippen molar-refractivity contribution in [2.75, 3.05) is 33.1 Å². The van der Waals surface area contributed by atoms with Crippen LogP contribution < -0.4 is 15.4 Å². The van der Waals surface area contributed by atoms with E-state index < -0.39 is 0 Å². The zero-order valence-electron chi connectivity index (χ0n) is 14.7. The van der Waals surface area contributed by atoms with Gasteiger partial charge in [-0.15, -0.1) is 0 Å². The minimum absolute atomic E-state index is 0.134. The van der Waals surface area contributed by atoms with E-state index in [9.17, 15) is 9.59 Å². The van der Waals surface area contributed by atoms with Crippen molar-refractivity contribution < 1.29 is 14.3 Å². The Bertz CT molecular complexity index is 729. The van der Waals surface area contributed by atoms with Crippen molar-refractivity contribution in [3.05, 3.63) is 59.7 Å². The van der Waals surface area contributed by atoms with Crippen LogP contribution in [0.4, 0.5) is 5.69 Å². The highest BCUT2D eigenvalue weighted by Crippen LogP contribution is 2.13. The molecule has 0 saturated carbocycles. The molecule has 25 heavy (non-hydrogen) atoms. The number of nitrogens with one attached hydrogen (secondary N) is 2. The number of methoxy groups -OCH3 is 1. The molecule has 0 unspecified atom stereocenters. The van der Waals surface area contributed by atoms with Crippen LogP contribution in [0, 0.1) is 0 Å². The molecule has 0 aliphatic carbocycles. The first kappa shape index (κ1) is 18.5. The lowest BCUT2D eigenvalue weighted by Gasteiger charge is -2.16. The molecule has 0 atom stereocenters. The fraction of sp³-hybridized carbons (Fsp3) is 0.263.